The van der Waals surface area contributed by atoms with Crippen molar-refractivity contribution in [2.45, 2.75) is 0 Å². The molecule has 0 unspecified atom stereocenters. The molecule has 2 aromatic heterocycles. The molecular weight excluding hydrogens is 154 g/mol. The van der Waals surface area contributed by atoms with Gasteiger partial charge in [0, 0.05) is 11.6 Å². The number of hydrogen-bond acceptors (Lipinski definition) is 4. The summed E-state index contributed by atoms with van der Waals surface area (Å²) in [5, 5.41) is 9.49. The fraction of sp³-hybridized carbons (Fsp3) is 0. The fourth-order valence-electron chi connectivity index (χ4n) is 1.03. The molecule has 0 atom stereocenters. The van der Waals surface area contributed by atoms with Gasteiger partial charge in [-0.05, 0) is 18.2 Å². The maximum Gasteiger partial charge on any atom is 0.159 e. The molecule has 0 saturated heterocycles. The Balaban J connectivity index is 2.67. The Hall–Kier alpha value is -1.68. The molecule has 0 amide bonds. The van der Waals surface area contributed by atoms with Crippen LogP contribution in [0.25, 0.3) is 11.0 Å². The van der Waals surface area contributed by atoms with Gasteiger partial charge >= 0.3 is 0 Å². The molecule has 0 aliphatic carbocycles. The first-order chi connectivity index (χ1) is 5.90. The Kier molecular flexibility index (Phi) is 1.60. The molecule has 4 heteroatoms. The van der Waals surface area contributed by atoms with Gasteiger partial charge in [-0.15, -0.1) is 0 Å². The summed E-state index contributed by atoms with van der Waals surface area (Å²) in [6.45, 7) is 0. The third-order valence-corrected chi connectivity index (χ3v) is 1.58. The van der Waals surface area contributed by atoms with Crippen molar-refractivity contribution in [2.24, 2.45) is 0 Å². The molecule has 0 spiro atoms. The Morgan fingerprint density at radius 3 is 3.08 bits per heavy atom. The molecule has 0 aliphatic rings. The van der Waals surface area contributed by atoms with Gasteiger partial charge in [0.15, 0.2) is 5.65 Å². The van der Waals surface area contributed by atoms with Crippen LogP contribution in [0.3, 0.4) is 0 Å². The van der Waals surface area contributed by atoms with Crippen LogP contribution in [-0.2, 0) is 0 Å². The van der Waals surface area contributed by atoms with E-state index >= 15 is 0 Å². The summed E-state index contributed by atoms with van der Waals surface area (Å²) in [7, 11) is 0. The highest BCUT2D eigenvalue weighted by molar-refractivity contribution is 5.77. The van der Waals surface area contributed by atoms with Crippen LogP contribution in [0.1, 0.15) is 0 Å². The van der Waals surface area contributed by atoms with E-state index in [2.05, 4.69) is 9.97 Å². The van der Waals surface area contributed by atoms with E-state index in [9.17, 15) is 0 Å². The van der Waals surface area contributed by atoms with Gasteiger partial charge in [-0.3, -0.25) is 10.7 Å². The van der Waals surface area contributed by atoms with E-state index in [1.54, 1.807) is 12.3 Å². The van der Waals surface area contributed by atoms with Crippen LogP contribution in [0.4, 0.5) is 5.69 Å². The lowest BCUT2D eigenvalue weighted by atomic mass is 10.3. The molecule has 0 radical (unpaired) electrons. The van der Waals surface area contributed by atoms with Gasteiger partial charge in [0.25, 0.3) is 0 Å². The zero-order chi connectivity index (χ0) is 8.39. The van der Waals surface area contributed by atoms with Crippen molar-refractivity contribution in [2.75, 3.05) is 5.48 Å². The zero-order valence-corrected chi connectivity index (χ0v) is 6.23. The highest BCUT2D eigenvalue weighted by Gasteiger charge is 1.95. The summed E-state index contributed by atoms with van der Waals surface area (Å²) in [6.07, 6.45) is 3.21. The molecule has 2 heterocycles. The minimum absolute atomic E-state index is 0.565. The quantitative estimate of drug-likeness (QED) is 0.621. The van der Waals surface area contributed by atoms with Gasteiger partial charge in [0.05, 0.1) is 11.9 Å². The minimum atomic E-state index is 0.565. The third-order valence-electron chi connectivity index (χ3n) is 1.58. The molecule has 60 valence electrons. The highest BCUT2D eigenvalue weighted by atomic mass is 16.5. The first-order valence-corrected chi connectivity index (χ1v) is 3.51. The molecule has 2 aromatic rings. The van der Waals surface area contributed by atoms with Crippen molar-refractivity contribution in [3.63, 3.8) is 0 Å². The second-order valence-electron chi connectivity index (χ2n) is 2.39. The summed E-state index contributed by atoms with van der Waals surface area (Å²) < 4.78 is 0. The summed E-state index contributed by atoms with van der Waals surface area (Å²) in [6, 6.07) is 5.48. The van der Waals surface area contributed by atoms with Crippen molar-refractivity contribution >= 4 is 16.7 Å². The molecule has 12 heavy (non-hydrogen) atoms. The molecule has 0 fully saturated rings. The molecular formula is C8H7N3O. The van der Waals surface area contributed by atoms with Crippen LogP contribution in [0.2, 0.25) is 0 Å². The summed E-state index contributed by atoms with van der Waals surface area (Å²) in [4.78, 5) is 8.05. The summed E-state index contributed by atoms with van der Waals surface area (Å²) in [5.41, 5.74) is 3.27. The Labute approximate surface area is 68.9 Å². The number of fused-ring (bicyclic) bond motifs is 1. The van der Waals surface area contributed by atoms with Crippen molar-refractivity contribution in [3.8, 4) is 0 Å². The average Bonchev–Trinajstić information content (AvgIpc) is 2.17. The zero-order valence-electron chi connectivity index (χ0n) is 6.23. The largest absolute Gasteiger partial charge is 0.291 e. The van der Waals surface area contributed by atoms with Crippen LogP contribution >= 0.6 is 0 Å². The molecule has 2 rings (SSSR count). The molecule has 0 saturated carbocycles. The van der Waals surface area contributed by atoms with E-state index in [1.165, 1.54) is 6.20 Å². The van der Waals surface area contributed by atoms with Gasteiger partial charge in [0.2, 0.25) is 0 Å². The smallest absolute Gasteiger partial charge is 0.159 e. The topological polar surface area (TPSA) is 58.0 Å². The molecule has 2 N–H and O–H groups in total. The maximum atomic E-state index is 8.59. The standard InChI is InChI=1S/C8H7N3O/c12-11-7-4-6-2-1-3-9-8(6)10-5-7/h1-5,11-12H. The maximum absolute atomic E-state index is 8.59. The lowest BCUT2D eigenvalue weighted by molar-refractivity contribution is 0.389. The van der Waals surface area contributed by atoms with Crippen LogP contribution in [0, 0.1) is 0 Å². The average molecular weight is 161 g/mol. The first-order valence-electron chi connectivity index (χ1n) is 3.51. The van der Waals surface area contributed by atoms with Crippen molar-refractivity contribution < 1.29 is 5.21 Å². The SMILES string of the molecule is ONc1cnc2ncccc2c1. The predicted molar refractivity (Wildman–Crippen MR) is 44.9 cm³/mol. The number of hydrogen-bond donors (Lipinski definition) is 2. The number of aromatic nitrogens is 2. The second kappa shape index (κ2) is 2.75. The lowest BCUT2D eigenvalue weighted by Gasteiger charge is -1.98. The molecule has 4 nitrogen and oxygen atoms in total. The molecule has 0 aliphatic heterocycles. The van der Waals surface area contributed by atoms with E-state index in [-0.39, 0.29) is 0 Å². The Morgan fingerprint density at radius 2 is 2.25 bits per heavy atom. The van der Waals surface area contributed by atoms with Gasteiger partial charge < -0.3 is 0 Å². The van der Waals surface area contributed by atoms with Crippen LogP contribution in [0.5, 0.6) is 0 Å². The Morgan fingerprint density at radius 1 is 1.33 bits per heavy atom. The minimum Gasteiger partial charge on any atom is -0.291 e. The van der Waals surface area contributed by atoms with Gasteiger partial charge in [-0.2, -0.15) is 0 Å². The van der Waals surface area contributed by atoms with Gasteiger partial charge in [-0.1, -0.05) is 0 Å². The number of nitrogens with zero attached hydrogens (tertiary/aromatic N) is 2. The monoisotopic (exact) mass is 161 g/mol. The van der Waals surface area contributed by atoms with Gasteiger partial charge in [0.1, 0.15) is 0 Å². The lowest BCUT2D eigenvalue weighted by Crippen LogP contribution is -1.90. The van der Waals surface area contributed by atoms with Crippen LogP contribution in [0.15, 0.2) is 30.6 Å². The van der Waals surface area contributed by atoms with Crippen molar-refractivity contribution in [3.05, 3.63) is 30.6 Å². The Bertz CT molecular complexity index is 402. The number of rotatable bonds is 1. The van der Waals surface area contributed by atoms with Crippen LogP contribution in [-0.4, -0.2) is 15.2 Å². The highest BCUT2D eigenvalue weighted by Crippen LogP contribution is 2.12. The number of pyridine rings is 2. The van der Waals surface area contributed by atoms with E-state index in [1.807, 2.05) is 17.6 Å². The third kappa shape index (κ3) is 1.08. The van der Waals surface area contributed by atoms with E-state index in [0.29, 0.717) is 11.3 Å². The fourth-order valence-corrected chi connectivity index (χ4v) is 1.03. The molecule has 0 bridgehead atoms. The van der Waals surface area contributed by atoms with Crippen molar-refractivity contribution in [1.82, 2.24) is 9.97 Å². The van der Waals surface area contributed by atoms with E-state index in [4.69, 9.17) is 5.21 Å². The molecule has 0 aromatic carbocycles. The van der Waals surface area contributed by atoms with Crippen molar-refractivity contribution in [1.29, 1.82) is 0 Å². The number of anilines is 1. The number of nitrogens with one attached hydrogen (secondary N) is 1. The normalized spacial score (nSPS) is 10.1. The van der Waals surface area contributed by atoms with E-state index < -0.39 is 0 Å². The summed E-state index contributed by atoms with van der Waals surface area (Å²) >= 11 is 0. The second-order valence-corrected chi connectivity index (χ2v) is 2.39. The predicted octanol–water partition coefficient (Wildman–Crippen LogP) is 1.43. The van der Waals surface area contributed by atoms with Crippen LogP contribution < -0.4 is 5.48 Å². The van der Waals surface area contributed by atoms with E-state index in [0.717, 1.165) is 5.39 Å². The van der Waals surface area contributed by atoms with Gasteiger partial charge in [-0.25, -0.2) is 9.97 Å². The first kappa shape index (κ1) is 7.00. The summed E-state index contributed by atoms with van der Waals surface area (Å²) in [5.74, 6) is 0.